The lowest BCUT2D eigenvalue weighted by atomic mass is 10.1. The molecule has 0 radical (unpaired) electrons. The first-order chi connectivity index (χ1) is 28.3. The zero-order valence-electron chi connectivity index (χ0n) is 30.6. The van der Waals surface area contributed by atoms with Crippen molar-refractivity contribution in [1.82, 2.24) is 18.9 Å². The van der Waals surface area contributed by atoms with Crippen LogP contribution in [0.2, 0.25) is 0 Å². The molecule has 57 heavy (non-hydrogen) atoms. The minimum atomic E-state index is -2.86. The average Bonchev–Trinajstić information content (AvgIpc) is 3.91. The number of hydrogen-bond donors (Lipinski definition) is 0. The Kier molecular flexibility index (Phi) is 7.11. The van der Waals surface area contributed by atoms with Gasteiger partial charge in [0.15, 0.2) is 8.07 Å². The van der Waals surface area contributed by atoms with Crippen LogP contribution in [0.15, 0.2) is 204 Å². The molecule has 4 aromatic heterocycles. The molecule has 0 amide bonds. The van der Waals surface area contributed by atoms with E-state index in [0.29, 0.717) is 0 Å². The summed E-state index contributed by atoms with van der Waals surface area (Å²) in [7, 11) is -2.86. The van der Waals surface area contributed by atoms with Gasteiger partial charge in [0.2, 0.25) is 0 Å². The summed E-state index contributed by atoms with van der Waals surface area (Å²) in [4.78, 5) is 12.5. The van der Waals surface area contributed by atoms with Crippen molar-refractivity contribution >= 4 is 89.8 Å². The molecule has 7 heteroatoms. The molecular formula is C50H32N4OSSi. The fourth-order valence-electron chi connectivity index (χ4n) is 9.33. The largest absolute Gasteiger partial charge is 0.457 e. The molecule has 12 rings (SSSR count). The van der Waals surface area contributed by atoms with Gasteiger partial charge in [0, 0.05) is 56.0 Å². The molecule has 1 aliphatic heterocycles. The second-order valence-electron chi connectivity index (χ2n) is 14.6. The van der Waals surface area contributed by atoms with Crippen LogP contribution in [0.4, 0.5) is 0 Å². The first-order valence-corrected chi connectivity index (χ1v) is 22.0. The molecule has 0 atom stereocenters. The van der Waals surface area contributed by atoms with Crippen LogP contribution in [-0.2, 0) is 0 Å². The molecule has 0 saturated heterocycles. The van der Waals surface area contributed by atoms with Crippen LogP contribution in [0.25, 0.3) is 54.9 Å². The first-order valence-electron chi connectivity index (χ1n) is 19.1. The molecule has 0 spiro atoms. The van der Waals surface area contributed by atoms with E-state index in [4.69, 9.17) is 14.7 Å². The highest BCUT2D eigenvalue weighted by Gasteiger charge is 2.48. The summed E-state index contributed by atoms with van der Waals surface area (Å²) in [6, 6.07) is 63.6. The summed E-state index contributed by atoms with van der Waals surface area (Å²) in [6.07, 6.45) is 5.79. The van der Waals surface area contributed by atoms with Gasteiger partial charge in [-0.2, -0.15) is 0 Å². The molecular weight excluding hydrogens is 733 g/mol. The Balaban J connectivity index is 1.07. The fraction of sp³-hybridized carbons (Fsp3) is 0. The Morgan fingerprint density at radius 2 is 1.23 bits per heavy atom. The van der Waals surface area contributed by atoms with Gasteiger partial charge in [0.25, 0.3) is 0 Å². The fourth-order valence-corrected chi connectivity index (χ4v) is 16.5. The molecule has 7 aromatic carbocycles. The van der Waals surface area contributed by atoms with E-state index in [1.165, 1.54) is 41.3 Å². The molecule has 1 aliphatic rings. The topological polar surface area (TPSA) is 44.4 Å². The highest BCUT2D eigenvalue weighted by molar-refractivity contribution is 8.00. The number of aromatic nitrogens is 4. The van der Waals surface area contributed by atoms with E-state index in [0.717, 1.165) is 55.7 Å². The second kappa shape index (κ2) is 12.5. The number of fused-ring (bicyclic) bond motifs is 12. The molecule has 0 N–H and O–H groups in total. The van der Waals surface area contributed by atoms with Gasteiger partial charge in [-0.15, -0.1) is 0 Å². The lowest BCUT2D eigenvalue weighted by Gasteiger charge is -2.40. The van der Waals surface area contributed by atoms with Crippen LogP contribution in [-0.4, -0.2) is 27.0 Å². The third kappa shape index (κ3) is 4.70. The normalized spacial score (nSPS) is 13.3. The SMILES string of the molecule is c1ccc([Si]2(c3ccccc3)c3ccccc3Sc3ccc4c(c32)c2cccnc2n4-c2cccc(Oc3ccc4c5ccccc5n5ccnc5c4c3)c2)cc1. The van der Waals surface area contributed by atoms with Gasteiger partial charge in [-0.1, -0.05) is 115 Å². The van der Waals surface area contributed by atoms with Crippen LogP contribution < -0.4 is 25.5 Å². The summed E-state index contributed by atoms with van der Waals surface area (Å²) >= 11 is 1.89. The number of nitrogens with zero attached hydrogens (tertiary/aromatic N) is 4. The van der Waals surface area contributed by atoms with Gasteiger partial charge < -0.3 is 4.74 Å². The van der Waals surface area contributed by atoms with Crippen LogP contribution in [0.3, 0.4) is 0 Å². The average molecular weight is 765 g/mol. The number of benzene rings is 7. The van der Waals surface area contributed by atoms with Crippen molar-refractivity contribution in [2.75, 3.05) is 0 Å². The molecule has 11 aromatic rings. The lowest BCUT2D eigenvalue weighted by molar-refractivity contribution is 0.483. The van der Waals surface area contributed by atoms with Crippen molar-refractivity contribution in [2.45, 2.75) is 9.79 Å². The molecule has 0 aliphatic carbocycles. The van der Waals surface area contributed by atoms with Crippen molar-refractivity contribution in [3.05, 3.63) is 195 Å². The Morgan fingerprint density at radius 3 is 2.09 bits per heavy atom. The van der Waals surface area contributed by atoms with Crippen molar-refractivity contribution in [3.8, 4) is 17.2 Å². The predicted octanol–water partition coefficient (Wildman–Crippen LogP) is 9.77. The van der Waals surface area contributed by atoms with Crippen molar-refractivity contribution in [1.29, 1.82) is 0 Å². The van der Waals surface area contributed by atoms with Gasteiger partial charge in [-0.25, -0.2) is 9.97 Å². The minimum Gasteiger partial charge on any atom is -0.457 e. The van der Waals surface area contributed by atoms with Crippen LogP contribution >= 0.6 is 11.8 Å². The zero-order chi connectivity index (χ0) is 37.5. The monoisotopic (exact) mass is 764 g/mol. The van der Waals surface area contributed by atoms with E-state index in [9.17, 15) is 0 Å². The molecule has 0 unspecified atom stereocenters. The van der Waals surface area contributed by atoms with Gasteiger partial charge >= 0.3 is 0 Å². The first kappa shape index (κ1) is 32.3. The van der Waals surface area contributed by atoms with Gasteiger partial charge in [0.1, 0.15) is 22.8 Å². The summed E-state index contributed by atoms with van der Waals surface area (Å²) in [5.41, 5.74) is 5.08. The Bertz CT molecular complexity index is 3340. The molecule has 5 heterocycles. The number of imidazole rings is 1. The Labute approximate surface area is 333 Å². The Hall–Kier alpha value is -6.93. The molecule has 0 bridgehead atoms. The van der Waals surface area contributed by atoms with Crippen LogP contribution in [0.1, 0.15) is 0 Å². The molecule has 0 fully saturated rings. The summed E-state index contributed by atoms with van der Waals surface area (Å²) < 4.78 is 11.2. The maximum atomic E-state index is 6.70. The predicted molar refractivity (Wildman–Crippen MR) is 237 cm³/mol. The molecule has 268 valence electrons. The Morgan fingerprint density at radius 1 is 0.491 bits per heavy atom. The minimum absolute atomic E-state index is 0.748. The third-order valence-electron chi connectivity index (χ3n) is 11.6. The number of hydrogen-bond acceptors (Lipinski definition) is 4. The van der Waals surface area contributed by atoms with Crippen molar-refractivity contribution < 1.29 is 4.74 Å². The van der Waals surface area contributed by atoms with Crippen molar-refractivity contribution in [2.24, 2.45) is 0 Å². The number of rotatable bonds is 5. The lowest BCUT2D eigenvalue weighted by Crippen LogP contribution is -2.76. The summed E-state index contributed by atoms with van der Waals surface area (Å²) in [5.74, 6) is 1.50. The number of pyridine rings is 2. The van der Waals surface area contributed by atoms with E-state index >= 15 is 0 Å². The quantitative estimate of drug-likeness (QED) is 0.129. The molecule has 0 saturated carbocycles. The van der Waals surface area contributed by atoms with E-state index in [1.54, 1.807) is 0 Å². The van der Waals surface area contributed by atoms with Gasteiger partial charge in [-0.05, 0) is 92.9 Å². The smallest absolute Gasteiger partial charge is 0.182 e. The number of ether oxygens (including phenoxy) is 1. The van der Waals surface area contributed by atoms with Crippen molar-refractivity contribution in [3.63, 3.8) is 0 Å². The van der Waals surface area contributed by atoms with Crippen LogP contribution in [0, 0.1) is 0 Å². The van der Waals surface area contributed by atoms with E-state index in [2.05, 4.69) is 179 Å². The van der Waals surface area contributed by atoms with Gasteiger partial charge in [0.05, 0.1) is 16.7 Å². The third-order valence-corrected chi connectivity index (χ3v) is 18.0. The van der Waals surface area contributed by atoms with E-state index in [-0.39, 0.29) is 0 Å². The number of para-hydroxylation sites is 1. The highest BCUT2D eigenvalue weighted by atomic mass is 32.2. The van der Waals surface area contributed by atoms with E-state index < -0.39 is 8.07 Å². The van der Waals surface area contributed by atoms with Crippen LogP contribution in [0.5, 0.6) is 11.5 Å². The highest BCUT2D eigenvalue weighted by Crippen LogP contribution is 2.40. The maximum Gasteiger partial charge on any atom is 0.182 e. The standard InChI is InChI=1S/C50H32N4OSSi/c1-3-15-36(16-4-1)57(37-17-5-2-6-18-37)46-23-10-9-22-44(46)56-45-27-26-43-47(48(45)57)40-20-12-28-51-50(40)54(43)33-13-11-14-34(31-33)55-35-24-25-38-39-19-7-8-21-42(39)53-30-29-52-49(53)41(38)32-35/h1-32H. The zero-order valence-corrected chi connectivity index (χ0v) is 32.4. The van der Waals surface area contributed by atoms with Gasteiger partial charge in [-0.3, -0.25) is 8.97 Å². The summed E-state index contributed by atoms with van der Waals surface area (Å²) in [5, 5.41) is 11.4. The molecule has 5 nitrogen and oxygen atoms in total. The van der Waals surface area contributed by atoms with E-state index in [1.807, 2.05) is 36.4 Å². The maximum absolute atomic E-state index is 6.70. The second-order valence-corrected chi connectivity index (χ2v) is 19.3. The summed E-state index contributed by atoms with van der Waals surface area (Å²) in [6.45, 7) is 0.